The Morgan fingerprint density at radius 2 is 1.75 bits per heavy atom. The average Bonchev–Trinajstić information content (AvgIpc) is 2.72. The number of aryl methyl sites for hydroxylation is 1. The molecule has 0 saturated carbocycles. The highest BCUT2D eigenvalue weighted by Gasteiger charge is 2.22. The summed E-state index contributed by atoms with van der Waals surface area (Å²) in [5.74, 6) is 0.219. The molecule has 1 heterocycles. The summed E-state index contributed by atoms with van der Waals surface area (Å²) < 4.78 is 16.2. The minimum Gasteiger partial charge on any atom is -0.486 e. The Labute approximate surface area is 164 Å². The Balaban J connectivity index is 1.48. The summed E-state index contributed by atoms with van der Waals surface area (Å²) in [6.07, 6.45) is 0.784. The molecule has 0 saturated heterocycles. The summed E-state index contributed by atoms with van der Waals surface area (Å²) in [6.45, 7) is 4.42. The Morgan fingerprint density at radius 1 is 1.04 bits per heavy atom. The van der Waals surface area contributed by atoms with Crippen LogP contribution in [0.1, 0.15) is 36.2 Å². The lowest BCUT2D eigenvalue weighted by molar-refractivity contribution is -0.129. The van der Waals surface area contributed by atoms with Crippen molar-refractivity contribution in [2.75, 3.05) is 13.2 Å². The smallest absolute Gasteiger partial charge is 0.339 e. The van der Waals surface area contributed by atoms with E-state index in [1.54, 1.807) is 25.1 Å². The number of carbonyl (C=O) groups is 2. The van der Waals surface area contributed by atoms with Crippen LogP contribution < -0.4 is 14.8 Å². The lowest BCUT2D eigenvalue weighted by Crippen LogP contribution is -2.41. The lowest BCUT2D eigenvalue weighted by Gasteiger charge is -2.20. The van der Waals surface area contributed by atoms with Gasteiger partial charge in [-0.05, 0) is 50.5 Å². The molecule has 148 valence electrons. The molecular formula is C22H25NO5. The number of esters is 1. The van der Waals surface area contributed by atoms with Gasteiger partial charge < -0.3 is 19.5 Å². The zero-order valence-electron chi connectivity index (χ0n) is 16.1. The van der Waals surface area contributed by atoms with Crippen LogP contribution in [0.4, 0.5) is 0 Å². The Bertz CT molecular complexity index is 821. The second-order valence-corrected chi connectivity index (χ2v) is 6.84. The molecule has 28 heavy (non-hydrogen) atoms. The third-order valence-electron chi connectivity index (χ3n) is 4.53. The fourth-order valence-electron chi connectivity index (χ4n) is 2.91. The van der Waals surface area contributed by atoms with Crippen molar-refractivity contribution in [2.45, 2.75) is 38.8 Å². The van der Waals surface area contributed by atoms with Crippen LogP contribution in [0.15, 0.2) is 48.5 Å². The van der Waals surface area contributed by atoms with E-state index in [4.69, 9.17) is 14.2 Å². The van der Waals surface area contributed by atoms with E-state index in [2.05, 4.69) is 17.4 Å². The van der Waals surface area contributed by atoms with Gasteiger partial charge in [-0.15, -0.1) is 0 Å². The van der Waals surface area contributed by atoms with E-state index in [-0.39, 0.29) is 11.9 Å². The fraction of sp³-hybridized carbons (Fsp3) is 0.364. The van der Waals surface area contributed by atoms with E-state index in [9.17, 15) is 9.59 Å². The first kappa shape index (κ1) is 19.7. The summed E-state index contributed by atoms with van der Waals surface area (Å²) in [5.41, 5.74) is 1.54. The normalized spacial score (nSPS) is 14.6. The minimum absolute atomic E-state index is 0.0249. The van der Waals surface area contributed by atoms with Gasteiger partial charge in [0.2, 0.25) is 0 Å². The van der Waals surface area contributed by atoms with E-state index < -0.39 is 12.1 Å². The molecule has 3 rings (SSSR count). The molecule has 0 aliphatic carbocycles. The molecule has 2 aromatic carbocycles. The number of fused-ring (bicyclic) bond motifs is 1. The number of carbonyl (C=O) groups excluding carboxylic acids is 2. The quantitative estimate of drug-likeness (QED) is 0.744. The van der Waals surface area contributed by atoms with Crippen LogP contribution in [0.3, 0.4) is 0 Å². The van der Waals surface area contributed by atoms with Gasteiger partial charge in [0.05, 0.1) is 5.56 Å². The molecule has 6 heteroatoms. The predicted octanol–water partition coefficient (Wildman–Crippen LogP) is 3.14. The monoisotopic (exact) mass is 383 g/mol. The van der Waals surface area contributed by atoms with E-state index in [1.807, 2.05) is 25.1 Å². The summed E-state index contributed by atoms with van der Waals surface area (Å²) in [6, 6.07) is 14.9. The van der Waals surface area contributed by atoms with Gasteiger partial charge in [-0.1, -0.05) is 30.3 Å². The van der Waals surface area contributed by atoms with Crippen LogP contribution in [-0.2, 0) is 16.0 Å². The highest BCUT2D eigenvalue weighted by Crippen LogP contribution is 2.31. The zero-order valence-corrected chi connectivity index (χ0v) is 16.1. The fourth-order valence-corrected chi connectivity index (χ4v) is 2.91. The SMILES string of the molecule is C[C@H](CCc1ccccc1)NC(=O)[C@@H](C)OC(=O)c1ccc2c(c1)OCCO2. The van der Waals surface area contributed by atoms with Gasteiger partial charge in [-0.2, -0.15) is 0 Å². The van der Waals surface area contributed by atoms with Crippen LogP contribution in [0, 0.1) is 0 Å². The summed E-state index contributed by atoms with van der Waals surface area (Å²) in [7, 11) is 0. The number of rotatable bonds is 7. The van der Waals surface area contributed by atoms with Crippen molar-refractivity contribution in [1.82, 2.24) is 5.32 Å². The lowest BCUT2D eigenvalue weighted by atomic mass is 10.1. The third kappa shape index (κ3) is 5.25. The van der Waals surface area contributed by atoms with Crippen molar-refractivity contribution in [1.29, 1.82) is 0 Å². The van der Waals surface area contributed by atoms with Gasteiger partial charge in [0, 0.05) is 6.04 Å². The second kappa shape index (κ2) is 9.26. The molecule has 1 N–H and O–H groups in total. The van der Waals surface area contributed by atoms with Crippen LogP contribution in [0.25, 0.3) is 0 Å². The first-order valence-electron chi connectivity index (χ1n) is 9.48. The highest BCUT2D eigenvalue weighted by atomic mass is 16.6. The van der Waals surface area contributed by atoms with Crippen LogP contribution in [0.5, 0.6) is 11.5 Å². The molecule has 1 aliphatic heterocycles. The minimum atomic E-state index is -0.889. The highest BCUT2D eigenvalue weighted by molar-refractivity contribution is 5.92. The molecule has 1 amide bonds. The molecule has 0 unspecified atom stereocenters. The molecule has 6 nitrogen and oxygen atoms in total. The number of ether oxygens (including phenoxy) is 3. The van der Waals surface area contributed by atoms with Gasteiger partial charge in [0.1, 0.15) is 13.2 Å². The van der Waals surface area contributed by atoms with Crippen LogP contribution in [-0.4, -0.2) is 37.2 Å². The van der Waals surface area contributed by atoms with E-state index in [0.29, 0.717) is 30.3 Å². The van der Waals surface area contributed by atoms with Gasteiger partial charge in [-0.3, -0.25) is 4.79 Å². The molecule has 0 radical (unpaired) electrons. The molecule has 0 aromatic heterocycles. The first-order chi connectivity index (χ1) is 13.5. The maximum atomic E-state index is 12.3. The third-order valence-corrected chi connectivity index (χ3v) is 4.53. The largest absolute Gasteiger partial charge is 0.486 e. The van der Waals surface area contributed by atoms with Crippen LogP contribution >= 0.6 is 0 Å². The first-order valence-corrected chi connectivity index (χ1v) is 9.48. The maximum Gasteiger partial charge on any atom is 0.339 e. The van der Waals surface area contributed by atoms with Crippen molar-refractivity contribution < 1.29 is 23.8 Å². The molecule has 0 fully saturated rings. The van der Waals surface area contributed by atoms with E-state index in [1.165, 1.54) is 5.56 Å². The second-order valence-electron chi connectivity index (χ2n) is 6.84. The van der Waals surface area contributed by atoms with Crippen molar-refractivity contribution in [3.8, 4) is 11.5 Å². The Kier molecular flexibility index (Phi) is 6.53. The molecular weight excluding hydrogens is 358 g/mol. The maximum absolute atomic E-state index is 12.3. The number of amides is 1. The van der Waals surface area contributed by atoms with E-state index in [0.717, 1.165) is 12.8 Å². The topological polar surface area (TPSA) is 73.9 Å². The van der Waals surface area contributed by atoms with Crippen molar-refractivity contribution in [2.24, 2.45) is 0 Å². The summed E-state index contributed by atoms with van der Waals surface area (Å²) in [4.78, 5) is 24.7. The number of nitrogens with one attached hydrogen (secondary N) is 1. The molecule has 2 atom stereocenters. The van der Waals surface area contributed by atoms with E-state index >= 15 is 0 Å². The van der Waals surface area contributed by atoms with Gasteiger partial charge in [0.15, 0.2) is 17.6 Å². The number of hydrogen-bond acceptors (Lipinski definition) is 5. The Morgan fingerprint density at radius 3 is 2.50 bits per heavy atom. The van der Waals surface area contributed by atoms with Gasteiger partial charge in [-0.25, -0.2) is 4.79 Å². The van der Waals surface area contributed by atoms with Gasteiger partial charge >= 0.3 is 5.97 Å². The standard InChI is InChI=1S/C22H25NO5/c1-15(8-9-17-6-4-3-5-7-17)23-21(24)16(2)28-22(25)18-10-11-19-20(14-18)27-13-12-26-19/h3-7,10-11,14-16H,8-9,12-13H2,1-2H3,(H,23,24)/t15-,16-/m1/s1. The molecule has 0 bridgehead atoms. The molecule has 1 aliphatic rings. The van der Waals surface area contributed by atoms with Crippen molar-refractivity contribution >= 4 is 11.9 Å². The number of benzene rings is 2. The zero-order chi connectivity index (χ0) is 19.9. The molecule has 2 aromatic rings. The van der Waals surface area contributed by atoms with Crippen molar-refractivity contribution in [3.63, 3.8) is 0 Å². The summed E-state index contributed by atoms with van der Waals surface area (Å²) >= 11 is 0. The average molecular weight is 383 g/mol. The van der Waals surface area contributed by atoms with Crippen LogP contribution in [0.2, 0.25) is 0 Å². The van der Waals surface area contributed by atoms with Crippen molar-refractivity contribution in [3.05, 3.63) is 59.7 Å². The molecule has 0 spiro atoms. The Hall–Kier alpha value is -3.02. The van der Waals surface area contributed by atoms with Gasteiger partial charge in [0.25, 0.3) is 5.91 Å². The summed E-state index contributed by atoms with van der Waals surface area (Å²) in [5, 5.41) is 2.90. The predicted molar refractivity (Wildman–Crippen MR) is 105 cm³/mol. The number of hydrogen-bond donors (Lipinski definition) is 1.